The summed E-state index contributed by atoms with van der Waals surface area (Å²) < 4.78 is 55.8. The van der Waals surface area contributed by atoms with Crippen molar-refractivity contribution in [3.05, 3.63) is 17.9 Å². The maximum absolute atomic E-state index is 13.6. The largest absolute Gasteiger partial charge is 0.492 e. The number of sulfonamides is 1. The van der Waals surface area contributed by atoms with E-state index >= 15 is 0 Å². The molecule has 1 aromatic rings. The van der Waals surface area contributed by atoms with E-state index in [2.05, 4.69) is 4.72 Å². The number of methoxy groups -OCH3 is 1. The first kappa shape index (κ1) is 16.9. The Balaban J connectivity index is 3.02. The van der Waals surface area contributed by atoms with Crippen molar-refractivity contribution in [2.45, 2.75) is 17.1 Å². The van der Waals surface area contributed by atoms with Gasteiger partial charge in [-0.1, -0.05) is 0 Å². The first-order valence-corrected chi connectivity index (χ1v) is 8.74. The predicted molar refractivity (Wildman–Crippen MR) is 76.1 cm³/mol. The van der Waals surface area contributed by atoms with Crippen LogP contribution in [0, 0.1) is 5.82 Å². The first-order valence-electron chi connectivity index (χ1n) is 5.64. The van der Waals surface area contributed by atoms with Gasteiger partial charge in [-0.3, -0.25) is 4.21 Å². The van der Waals surface area contributed by atoms with Gasteiger partial charge in [0, 0.05) is 28.9 Å². The van der Waals surface area contributed by atoms with Gasteiger partial charge in [0.1, 0.15) is 0 Å². The third-order valence-electron chi connectivity index (χ3n) is 2.69. The van der Waals surface area contributed by atoms with Gasteiger partial charge in [-0.25, -0.2) is 17.5 Å². The summed E-state index contributed by atoms with van der Waals surface area (Å²) in [5.74, 6) is -1.06. The van der Waals surface area contributed by atoms with Gasteiger partial charge in [0.2, 0.25) is 10.0 Å². The average molecular weight is 324 g/mol. The molecule has 0 aliphatic rings. The summed E-state index contributed by atoms with van der Waals surface area (Å²) in [6, 6.07) is 1.93. The predicted octanol–water partition coefficient (Wildman–Crippen LogP) is 0.462. The Kier molecular flexibility index (Phi) is 5.49. The van der Waals surface area contributed by atoms with Crippen LogP contribution in [-0.4, -0.2) is 37.8 Å². The standard InChI is InChI=1S/C11H17FN2O4S2/c1-7(19(3)15)6-14-20(16,17)8-4-9(12)11(18-2)10(13)5-8/h4-5,7,14H,6,13H2,1-3H3. The van der Waals surface area contributed by atoms with E-state index in [1.165, 1.54) is 13.4 Å². The molecule has 2 atom stereocenters. The van der Waals surface area contributed by atoms with E-state index in [1.807, 2.05) is 0 Å². The Hall–Kier alpha value is -1.19. The summed E-state index contributed by atoms with van der Waals surface area (Å²) in [4.78, 5) is -0.303. The second kappa shape index (κ2) is 6.51. The molecule has 0 radical (unpaired) electrons. The number of hydrogen-bond donors (Lipinski definition) is 2. The van der Waals surface area contributed by atoms with Gasteiger partial charge in [0.05, 0.1) is 17.7 Å². The Labute approximate surface area is 120 Å². The number of halogens is 1. The minimum absolute atomic E-state index is 0.0149. The fraction of sp³-hybridized carbons (Fsp3) is 0.455. The minimum Gasteiger partial charge on any atom is -0.492 e. The van der Waals surface area contributed by atoms with E-state index < -0.39 is 26.6 Å². The number of rotatable bonds is 6. The van der Waals surface area contributed by atoms with E-state index in [-0.39, 0.29) is 28.1 Å². The molecule has 0 aromatic heterocycles. The Morgan fingerprint density at radius 3 is 2.55 bits per heavy atom. The van der Waals surface area contributed by atoms with Crippen LogP contribution in [0.1, 0.15) is 6.92 Å². The lowest BCUT2D eigenvalue weighted by molar-refractivity contribution is 0.388. The molecule has 0 fully saturated rings. The quantitative estimate of drug-likeness (QED) is 0.741. The van der Waals surface area contributed by atoms with Gasteiger partial charge >= 0.3 is 0 Å². The summed E-state index contributed by atoms with van der Waals surface area (Å²) in [5, 5.41) is -0.356. The molecule has 0 aliphatic heterocycles. The Bertz CT molecular complexity index is 596. The number of benzene rings is 1. The van der Waals surface area contributed by atoms with Gasteiger partial charge in [-0.2, -0.15) is 0 Å². The number of anilines is 1. The number of ether oxygens (including phenoxy) is 1. The molecule has 0 aliphatic carbocycles. The highest BCUT2D eigenvalue weighted by Crippen LogP contribution is 2.28. The molecule has 6 nitrogen and oxygen atoms in total. The molecule has 3 N–H and O–H groups in total. The monoisotopic (exact) mass is 324 g/mol. The zero-order chi connectivity index (χ0) is 15.5. The van der Waals surface area contributed by atoms with Gasteiger partial charge in [0.15, 0.2) is 11.6 Å². The van der Waals surface area contributed by atoms with Gasteiger partial charge < -0.3 is 10.5 Å². The fourth-order valence-corrected chi connectivity index (χ4v) is 2.99. The van der Waals surface area contributed by atoms with Crippen molar-refractivity contribution in [2.75, 3.05) is 25.6 Å². The third-order valence-corrected chi connectivity index (χ3v) is 5.39. The summed E-state index contributed by atoms with van der Waals surface area (Å²) in [5.41, 5.74) is 5.42. The molecule has 0 amide bonds. The van der Waals surface area contributed by atoms with Crippen molar-refractivity contribution in [1.82, 2.24) is 4.72 Å². The summed E-state index contributed by atoms with van der Waals surface area (Å²) in [7, 11) is -3.84. The van der Waals surface area contributed by atoms with Crippen molar-refractivity contribution in [2.24, 2.45) is 0 Å². The zero-order valence-electron chi connectivity index (χ0n) is 11.3. The van der Waals surface area contributed by atoms with E-state index in [9.17, 15) is 17.0 Å². The molecule has 20 heavy (non-hydrogen) atoms. The summed E-state index contributed by atoms with van der Waals surface area (Å²) in [6.45, 7) is 1.63. The van der Waals surface area contributed by atoms with Crippen LogP contribution in [0.25, 0.3) is 0 Å². The van der Waals surface area contributed by atoms with Crippen LogP contribution >= 0.6 is 0 Å². The highest BCUT2D eigenvalue weighted by atomic mass is 32.2. The van der Waals surface area contributed by atoms with E-state index in [0.29, 0.717) is 0 Å². The number of nitrogens with two attached hydrogens (primary N) is 1. The molecule has 1 aromatic carbocycles. The molecule has 0 saturated carbocycles. The molecular formula is C11H17FN2O4S2. The smallest absolute Gasteiger partial charge is 0.240 e. The number of nitrogens with one attached hydrogen (secondary N) is 1. The maximum Gasteiger partial charge on any atom is 0.240 e. The molecular weight excluding hydrogens is 307 g/mol. The van der Waals surface area contributed by atoms with Crippen molar-refractivity contribution in [3.8, 4) is 5.75 Å². The topological polar surface area (TPSA) is 98.5 Å². The zero-order valence-corrected chi connectivity index (χ0v) is 13.0. The van der Waals surface area contributed by atoms with Crippen molar-refractivity contribution >= 4 is 26.5 Å². The second-order valence-electron chi connectivity index (χ2n) is 4.19. The van der Waals surface area contributed by atoms with Gasteiger partial charge in [-0.15, -0.1) is 0 Å². The van der Waals surface area contributed by atoms with Crippen LogP contribution in [0.3, 0.4) is 0 Å². The average Bonchev–Trinajstić information content (AvgIpc) is 2.35. The highest BCUT2D eigenvalue weighted by molar-refractivity contribution is 7.89. The second-order valence-corrected chi connectivity index (χ2v) is 7.76. The van der Waals surface area contributed by atoms with Crippen molar-refractivity contribution in [1.29, 1.82) is 0 Å². The fourth-order valence-electron chi connectivity index (χ4n) is 1.39. The van der Waals surface area contributed by atoms with Crippen molar-refractivity contribution in [3.63, 3.8) is 0 Å². The molecule has 2 unspecified atom stereocenters. The van der Waals surface area contributed by atoms with E-state index in [4.69, 9.17) is 10.5 Å². The molecule has 0 bridgehead atoms. The molecule has 0 saturated heterocycles. The lowest BCUT2D eigenvalue weighted by atomic mass is 10.3. The molecule has 0 spiro atoms. The summed E-state index contributed by atoms with van der Waals surface area (Å²) in [6.07, 6.45) is 1.48. The highest BCUT2D eigenvalue weighted by Gasteiger charge is 2.20. The van der Waals surface area contributed by atoms with Crippen LogP contribution < -0.4 is 15.2 Å². The Morgan fingerprint density at radius 1 is 1.50 bits per heavy atom. The van der Waals surface area contributed by atoms with Crippen LogP contribution in [-0.2, 0) is 20.8 Å². The maximum atomic E-state index is 13.6. The minimum atomic E-state index is -3.92. The van der Waals surface area contributed by atoms with Crippen LogP contribution in [0.15, 0.2) is 17.0 Å². The summed E-state index contributed by atoms with van der Waals surface area (Å²) >= 11 is 0. The van der Waals surface area contributed by atoms with Crippen LogP contribution in [0.4, 0.5) is 10.1 Å². The number of hydrogen-bond acceptors (Lipinski definition) is 5. The lowest BCUT2D eigenvalue weighted by Crippen LogP contribution is -2.32. The van der Waals surface area contributed by atoms with E-state index in [1.54, 1.807) is 6.92 Å². The van der Waals surface area contributed by atoms with Gasteiger partial charge in [-0.05, 0) is 19.1 Å². The molecule has 0 heterocycles. The van der Waals surface area contributed by atoms with E-state index in [0.717, 1.165) is 12.1 Å². The molecule has 1 rings (SSSR count). The van der Waals surface area contributed by atoms with Crippen LogP contribution in [0.5, 0.6) is 5.75 Å². The molecule has 114 valence electrons. The SMILES string of the molecule is COc1c(N)cc(S(=O)(=O)NCC(C)S(C)=O)cc1F. The normalized spacial score (nSPS) is 14.8. The lowest BCUT2D eigenvalue weighted by Gasteiger charge is -2.12. The van der Waals surface area contributed by atoms with Gasteiger partial charge in [0.25, 0.3) is 0 Å². The first-order chi connectivity index (χ1) is 9.19. The third kappa shape index (κ3) is 3.90. The Morgan fingerprint density at radius 2 is 2.10 bits per heavy atom. The number of nitrogen functional groups attached to an aromatic ring is 1. The molecule has 9 heteroatoms. The van der Waals surface area contributed by atoms with Crippen molar-refractivity contribution < 1.29 is 21.8 Å². The van der Waals surface area contributed by atoms with Crippen LogP contribution in [0.2, 0.25) is 0 Å².